The van der Waals surface area contributed by atoms with E-state index in [0.717, 1.165) is 12.3 Å². The maximum atomic E-state index is 12.4. The molecule has 0 bridgehead atoms. The van der Waals surface area contributed by atoms with E-state index in [2.05, 4.69) is 40.3 Å². The summed E-state index contributed by atoms with van der Waals surface area (Å²) in [5.74, 6) is 1.10. The predicted octanol–water partition coefficient (Wildman–Crippen LogP) is 2.45. The van der Waals surface area contributed by atoms with Crippen LogP contribution in [0.4, 0.5) is 4.79 Å². The highest BCUT2D eigenvalue weighted by Crippen LogP contribution is 2.29. The number of rotatable bonds is 4. The SMILES string of the molecule is O=C1NC(SCc2ccccc2)NC2C(c3ccccc3)CNN12. The molecule has 3 N–H and O–H groups in total. The van der Waals surface area contributed by atoms with E-state index in [0.29, 0.717) is 0 Å². The summed E-state index contributed by atoms with van der Waals surface area (Å²) in [7, 11) is 0. The average Bonchev–Trinajstić information content (AvgIpc) is 3.06. The number of thioether (sulfide) groups is 1. The van der Waals surface area contributed by atoms with Gasteiger partial charge in [0.15, 0.2) is 0 Å². The molecular weight excluding hydrogens is 320 g/mol. The zero-order valence-corrected chi connectivity index (χ0v) is 14.0. The molecule has 24 heavy (non-hydrogen) atoms. The molecule has 2 aromatic carbocycles. The first-order valence-electron chi connectivity index (χ1n) is 8.11. The fraction of sp³-hybridized carbons (Fsp3) is 0.278. The van der Waals surface area contributed by atoms with Crippen molar-refractivity contribution >= 4 is 17.8 Å². The number of fused-ring (bicyclic) bond motifs is 1. The second-order valence-corrected chi connectivity index (χ2v) is 7.08. The van der Waals surface area contributed by atoms with Crippen LogP contribution in [0.3, 0.4) is 0 Å². The summed E-state index contributed by atoms with van der Waals surface area (Å²) < 4.78 is 0. The molecule has 2 aliphatic heterocycles. The van der Waals surface area contributed by atoms with Crippen LogP contribution < -0.4 is 16.1 Å². The maximum Gasteiger partial charge on any atom is 0.335 e. The molecular formula is C18H20N4OS. The Labute approximate surface area is 145 Å². The first-order chi connectivity index (χ1) is 11.8. The smallest absolute Gasteiger partial charge is 0.312 e. The van der Waals surface area contributed by atoms with Crippen LogP contribution in [-0.2, 0) is 5.75 Å². The molecule has 0 radical (unpaired) electrons. The molecule has 0 aromatic heterocycles. The second kappa shape index (κ2) is 6.84. The summed E-state index contributed by atoms with van der Waals surface area (Å²) in [5.41, 5.74) is 5.61. The Bertz CT molecular complexity index is 697. The van der Waals surface area contributed by atoms with Gasteiger partial charge in [-0.25, -0.2) is 15.2 Å². The van der Waals surface area contributed by atoms with Crippen LogP contribution in [0, 0.1) is 0 Å². The summed E-state index contributed by atoms with van der Waals surface area (Å²) in [6.45, 7) is 0.755. The van der Waals surface area contributed by atoms with Gasteiger partial charge in [-0.3, -0.25) is 5.32 Å². The van der Waals surface area contributed by atoms with E-state index in [9.17, 15) is 4.79 Å². The normalized spacial score (nSPS) is 26.1. The summed E-state index contributed by atoms with van der Waals surface area (Å²) in [6, 6.07) is 20.6. The van der Waals surface area contributed by atoms with Gasteiger partial charge in [-0.05, 0) is 11.1 Å². The molecule has 2 amide bonds. The Hall–Kier alpha value is -2.02. The third-order valence-electron chi connectivity index (χ3n) is 4.42. The van der Waals surface area contributed by atoms with Crippen molar-refractivity contribution in [1.82, 2.24) is 21.1 Å². The molecule has 5 nitrogen and oxygen atoms in total. The van der Waals surface area contributed by atoms with Gasteiger partial charge in [0.05, 0.1) is 0 Å². The van der Waals surface area contributed by atoms with Gasteiger partial charge in [-0.15, -0.1) is 11.8 Å². The maximum absolute atomic E-state index is 12.4. The molecule has 2 aliphatic rings. The number of benzene rings is 2. The Morgan fingerprint density at radius 3 is 2.50 bits per heavy atom. The highest BCUT2D eigenvalue weighted by atomic mass is 32.2. The number of hydrogen-bond donors (Lipinski definition) is 3. The number of amides is 2. The van der Waals surface area contributed by atoms with E-state index < -0.39 is 0 Å². The lowest BCUT2D eigenvalue weighted by Crippen LogP contribution is -2.65. The lowest BCUT2D eigenvalue weighted by Gasteiger charge is -2.37. The predicted molar refractivity (Wildman–Crippen MR) is 96.0 cm³/mol. The van der Waals surface area contributed by atoms with Gasteiger partial charge >= 0.3 is 6.03 Å². The topological polar surface area (TPSA) is 56.4 Å². The first kappa shape index (κ1) is 15.5. The van der Waals surface area contributed by atoms with Crippen LogP contribution in [0.25, 0.3) is 0 Å². The molecule has 2 fully saturated rings. The van der Waals surface area contributed by atoms with Crippen molar-refractivity contribution in [3.05, 3.63) is 71.8 Å². The molecule has 0 spiro atoms. The van der Waals surface area contributed by atoms with Gasteiger partial charge in [-0.2, -0.15) is 0 Å². The fourth-order valence-electron chi connectivity index (χ4n) is 3.20. The van der Waals surface area contributed by atoms with Crippen molar-refractivity contribution in [1.29, 1.82) is 0 Å². The van der Waals surface area contributed by atoms with Crippen molar-refractivity contribution in [3.63, 3.8) is 0 Å². The minimum Gasteiger partial charge on any atom is -0.312 e. The number of carbonyl (C=O) groups is 1. The molecule has 0 saturated carbocycles. The van der Waals surface area contributed by atoms with Crippen molar-refractivity contribution < 1.29 is 4.79 Å². The van der Waals surface area contributed by atoms with Crippen LogP contribution in [0.2, 0.25) is 0 Å². The van der Waals surface area contributed by atoms with E-state index in [-0.39, 0.29) is 23.6 Å². The minimum absolute atomic E-state index is 0.0329. The third-order valence-corrected chi connectivity index (χ3v) is 5.51. The van der Waals surface area contributed by atoms with Gasteiger partial charge in [0.2, 0.25) is 0 Å². The number of urea groups is 1. The summed E-state index contributed by atoms with van der Waals surface area (Å²) in [4.78, 5) is 12.4. The molecule has 0 aliphatic carbocycles. The van der Waals surface area contributed by atoms with E-state index in [1.54, 1.807) is 16.8 Å². The number of hydrogen-bond acceptors (Lipinski definition) is 4. The van der Waals surface area contributed by atoms with E-state index >= 15 is 0 Å². The van der Waals surface area contributed by atoms with Crippen molar-refractivity contribution in [2.75, 3.05) is 6.54 Å². The number of nitrogens with one attached hydrogen (secondary N) is 3. The number of carbonyl (C=O) groups excluding carboxylic acids is 1. The molecule has 4 rings (SSSR count). The zero-order valence-electron chi connectivity index (χ0n) is 13.2. The molecule has 3 atom stereocenters. The Kier molecular flexibility index (Phi) is 4.42. The van der Waals surface area contributed by atoms with Gasteiger partial charge in [-0.1, -0.05) is 60.7 Å². The summed E-state index contributed by atoms with van der Waals surface area (Å²) in [6.07, 6.45) is -0.0329. The van der Waals surface area contributed by atoms with Crippen LogP contribution in [0.5, 0.6) is 0 Å². The van der Waals surface area contributed by atoms with E-state index in [1.807, 2.05) is 36.4 Å². The van der Waals surface area contributed by atoms with Crippen molar-refractivity contribution in [2.45, 2.75) is 23.3 Å². The largest absolute Gasteiger partial charge is 0.335 e. The molecule has 2 heterocycles. The molecule has 2 saturated heterocycles. The fourth-order valence-corrected chi connectivity index (χ4v) is 4.17. The van der Waals surface area contributed by atoms with E-state index in [4.69, 9.17) is 0 Å². The molecule has 6 heteroatoms. The average molecular weight is 340 g/mol. The third kappa shape index (κ3) is 3.13. The van der Waals surface area contributed by atoms with Crippen molar-refractivity contribution in [2.24, 2.45) is 0 Å². The summed E-state index contributed by atoms with van der Waals surface area (Å²) >= 11 is 1.70. The van der Waals surface area contributed by atoms with Crippen LogP contribution in [0.1, 0.15) is 17.0 Å². The van der Waals surface area contributed by atoms with Gasteiger partial charge < -0.3 is 5.32 Å². The minimum atomic E-state index is -0.0925. The molecule has 124 valence electrons. The zero-order chi connectivity index (χ0) is 16.4. The van der Waals surface area contributed by atoms with Crippen molar-refractivity contribution in [3.8, 4) is 0 Å². The monoisotopic (exact) mass is 340 g/mol. The molecule has 2 aromatic rings. The highest BCUT2D eigenvalue weighted by Gasteiger charge is 2.43. The van der Waals surface area contributed by atoms with Crippen LogP contribution >= 0.6 is 11.8 Å². The summed E-state index contributed by atoms with van der Waals surface area (Å²) in [5, 5.41) is 8.24. The Balaban J connectivity index is 1.45. The Morgan fingerprint density at radius 1 is 1.04 bits per heavy atom. The highest BCUT2D eigenvalue weighted by molar-refractivity contribution is 7.99. The number of nitrogens with zero attached hydrogens (tertiary/aromatic N) is 1. The first-order valence-corrected chi connectivity index (χ1v) is 9.16. The second-order valence-electron chi connectivity index (χ2n) is 5.99. The van der Waals surface area contributed by atoms with Gasteiger partial charge in [0, 0.05) is 18.2 Å². The van der Waals surface area contributed by atoms with Crippen LogP contribution in [0.15, 0.2) is 60.7 Å². The lowest BCUT2D eigenvalue weighted by atomic mass is 9.97. The quantitative estimate of drug-likeness (QED) is 0.800. The number of hydrazine groups is 1. The Morgan fingerprint density at radius 2 is 1.75 bits per heavy atom. The van der Waals surface area contributed by atoms with E-state index in [1.165, 1.54) is 11.1 Å². The molecule has 3 unspecified atom stereocenters. The van der Waals surface area contributed by atoms with Gasteiger partial charge in [0.25, 0.3) is 0 Å². The van der Waals surface area contributed by atoms with Crippen LogP contribution in [-0.4, -0.2) is 29.2 Å². The standard InChI is InChI=1S/C18H20N4OS/c23-18-21-17(24-12-13-7-3-1-4-8-13)20-16-15(11-19-22(16)18)14-9-5-2-6-10-14/h1-10,15-17,19-20H,11-12H2,(H,21,23). The lowest BCUT2D eigenvalue weighted by molar-refractivity contribution is 0.128. The van der Waals surface area contributed by atoms with Gasteiger partial charge in [0.1, 0.15) is 11.7 Å².